The monoisotopic (exact) mass is 323 g/mol. The van der Waals surface area contributed by atoms with Gasteiger partial charge in [0.05, 0.1) is 6.61 Å². The number of unbranched alkanes of at least 4 members (excludes halogenated alkanes) is 11. The van der Waals surface area contributed by atoms with Crippen LogP contribution in [-0.2, 0) is 4.79 Å². The predicted octanol–water partition coefficient (Wildman–Crippen LogP) is 4.91. The lowest BCUT2D eigenvalue weighted by Crippen LogP contribution is -2.24. The number of aliphatic hydroxyl groups is 1. The Balaban J connectivity index is 3.25. The van der Waals surface area contributed by atoms with E-state index in [1.807, 2.05) is 6.08 Å². The third-order valence-electron chi connectivity index (χ3n) is 3.88. The summed E-state index contributed by atoms with van der Waals surface area (Å²) in [5.74, 6) is -0.154. The molecular formula is C20H37NO2. The summed E-state index contributed by atoms with van der Waals surface area (Å²) in [4.78, 5) is 11.2. The first kappa shape index (κ1) is 21.9. The van der Waals surface area contributed by atoms with Gasteiger partial charge in [0.25, 0.3) is 0 Å². The lowest BCUT2D eigenvalue weighted by Gasteiger charge is -2.01. The smallest absolute Gasteiger partial charge is 0.244 e. The quantitative estimate of drug-likeness (QED) is 0.241. The van der Waals surface area contributed by atoms with Gasteiger partial charge in [0.2, 0.25) is 5.91 Å². The summed E-state index contributed by atoms with van der Waals surface area (Å²) >= 11 is 0. The van der Waals surface area contributed by atoms with E-state index in [1.165, 1.54) is 76.7 Å². The van der Waals surface area contributed by atoms with Gasteiger partial charge in [-0.2, -0.15) is 0 Å². The molecule has 0 heterocycles. The second-order valence-electron chi connectivity index (χ2n) is 6.13. The van der Waals surface area contributed by atoms with Crippen LogP contribution >= 0.6 is 0 Å². The van der Waals surface area contributed by atoms with Gasteiger partial charge in [0, 0.05) is 12.6 Å². The summed E-state index contributed by atoms with van der Waals surface area (Å²) in [6.07, 6.45) is 23.4. The molecule has 0 aromatic heterocycles. The number of hydrogen-bond acceptors (Lipinski definition) is 2. The summed E-state index contributed by atoms with van der Waals surface area (Å²) in [6, 6.07) is 0. The first-order valence-corrected chi connectivity index (χ1v) is 9.53. The van der Waals surface area contributed by atoms with Gasteiger partial charge in [-0.1, -0.05) is 89.4 Å². The van der Waals surface area contributed by atoms with Crippen molar-refractivity contribution in [2.24, 2.45) is 0 Å². The molecule has 134 valence electrons. The molecule has 2 N–H and O–H groups in total. The molecule has 1 amide bonds. The molecule has 0 fully saturated rings. The second-order valence-corrected chi connectivity index (χ2v) is 6.13. The fourth-order valence-corrected chi connectivity index (χ4v) is 2.48. The number of aliphatic hydroxyl groups excluding tert-OH is 1. The van der Waals surface area contributed by atoms with E-state index in [0.717, 1.165) is 6.42 Å². The molecule has 0 saturated carbocycles. The van der Waals surface area contributed by atoms with Crippen molar-refractivity contribution in [3.05, 3.63) is 24.3 Å². The first-order chi connectivity index (χ1) is 11.3. The molecular weight excluding hydrogens is 286 g/mol. The average molecular weight is 324 g/mol. The molecule has 23 heavy (non-hydrogen) atoms. The Hall–Kier alpha value is -1.09. The molecule has 0 radical (unpaired) electrons. The number of allylic oxidation sites excluding steroid dienone is 3. The van der Waals surface area contributed by atoms with E-state index in [0.29, 0.717) is 6.54 Å². The fraction of sp³-hybridized carbons (Fsp3) is 0.750. The van der Waals surface area contributed by atoms with Crippen molar-refractivity contribution in [2.75, 3.05) is 13.2 Å². The van der Waals surface area contributed by atoms with E-state index in [9.17, 15) is 4.79 Å². The van der Waals surface area contributed by atoms with Gasteiger partial charge in [0.15, 0.2) is 0 Å². The van der Waals surface area contributed by atoms with E-state index in [1.54, 1.807) is 6.08 Å². The van der Waals surface area contributed by atoms with Crippen molar-refractivity contribution < 1.29 is 9.90 Å². The SMILES string of the molecule is CCCCCCCCCCCCC/C=C/C=C/C(=O)NCCO. The Morgan fingerprint density at radius 2 is 1.43 bits per heavy atom. The van der Waals surface area contributed by atoms with Gasteiger partial charge >= 0.3 is 0 Å². The molecule has 0 aliphatic rings. The van der Waals surface area contributed by atoms with Crippen molar-refractivity contribution in [3.8, 4) is 0 Å². The van der Waals surface area contributed by atoms with Crippen molar-refractivity contribution >= 4 is 5.91 Å². The molecule has 0 rings (SSSR count). The van der Waals surface area contributed by atoms with Crippen molar-refractivity contribution in [1.29, 1.82) is 0 Å². The maximum atomic E-state index is 11.2. The lowest BCUT2D eigenvalue weighted by atomic mass is 10.1. The highest BCUT2D eigenvalue weighted by atomic mass is 16.3. The highest BCUT2D eigenvalue weighted by Crippen LogP contribution is 2.11. The molecule has 0 saturated heterocycles. The Morgan fingerprint density at radius 1 is 0.870 bits per heavy atom. The van der Waals surface area contributed by atoms with Crippen LogP contribution in [0.15, 0.2) is 24.3 Å². The van der Waals surface area contributed by atoms with Gasteiger partial charge in [-0.3, -0.25) is 4.79 Å². The maximum absolute atomic E-state index is 11.2. The second kappa shape index (κ2) is 19.0. The molecule has 0 aliphatic heterocycles. The predicted molar refractivity (Wildman–Crippen MR) is 99.5 cm³/mol. The lowest BCUT2D eigenvalue weighted by molar-refractivity contribution is -0.116. The summed E-state index contributed by atoms with van der Waals surface area (Å²) in [6.45, 7) is 2.56. The molecule has 3 nitrogen and oxygen atoms in total. The van der Waals surface area contributed by atoms with Gasteiger partial charge in [-0.15, -0.1) is 0 Å². The van der Waals surface area contributed by atoms with Crippen LogP contribution in [0.2, 0.25) is 0 Å². The molecule has 0 atom stereocenters. The van der Waals surface area contributed by atoms with Gasteiger partial charge in [-0.05, 0) is 12.8 Å². The van der Waals surface area contributed by atoms with E-state index < -0.39 is 0 Å². The highest BCUT2D eigenvalue weighted by Gasteiger charge is 1.92. The number of nitrogens with one attached hydrogen (secondary N) is 1. The van der Waals surface area contributed by atoms with E-state index in [2.05, 4.69) is 18.3 Å². The highest BCUT2D eigenvalue weighted by molar-refractivity contribution is 5.87. The fourth-order valence-electron chi connectivity index (χ4n) is 2.48. The van der Waals surface area contributed by atoms with Gasteiger partial charge in [0.1, 0.15) is 0 Å². The van der Waals surface area contributed by atoms with Crippen molar-refractivity contribution in [1.82, 2.24) is 5.32 Å². The molecule has 0 unspecified atom stereocenters. The van der Waals surface area contributed by atoms with Crippen molar-refractivity contribution in [2.45, 2.75) is 84.0 Å². The van der Waals surface area contributed by atoms with E-state index >= 15 is 0 Å². The molecule has 0 bridgehead atoms. The summed E-state index contributed by atoms with van der Waals surface area (Å²) in [7, 11) is 0. The van der Waals surface area contributed by atoms with E-state index in [4.69, 9.17) is 5.11 Å². The van der Waals surface area contributed by atoms with Crippen LogP contribution in [-0.4, -0.2) is 24.2 Å². The van der Waals surface area contributed by atoms with Gasteiger partial charge < -0.3 is 10.4 Å². The van der Waals surface area contributed by atoms with Gasteiger partial charge in [-0.25, -0.2) is 0 Å². The summed E-state index contributed by atoms with van der Waals surface area (Å²) in [5.41, 5.74) is 0. The topological polar surface area (TPSA) is 49.3 Å². The Kier molecular flexibility index (Phi) is 18.1. The van der Waals surface area contributed by atoms with Crippen LogP contribution in [0.25, 0.3) is 0 Å². The molecule has 0 aromatic rings. The number of carbonyl (C=O) groups is 1. The molecule has 0 aromatic carbocycles. The molecule has 0 spiro atoms. The third-order valence-corrected chi connectivity index (χ3v) is 3.88. The zero-order valence-electron chi connectivity index (χ0n) is 15.1. The van der Waals surface area contributed by atoms with Crippen LogP contribution in [0.5, 0.6) is 0 Å². The number of amides is 1. The Labute approximate surface area is 143 Å². The third kappa shape index (κ3) is 18.9. The number of carbonyl (C=O) groups excluding carboxylic acids is 1. The standard InChI is InChI=1S/C20H37NO2/c1-2-3-4-5-6-7-8-9-10-11-12-13-14-15-16-17-20(23)21-18-19-22/h14-17,22H,2-13,18-19H2,1H3,(H,21,23)/b15-14+,17-16+. The summed E-state index contributed by atoms with van der Waals surface area (Å²) < 4.78 is 0. The van der Waals surface area contributed by atoms with Crippen LogP contribution in [0, 0.1) is 0 Å². The molecule has 0 aliphatic carbocycles. The van der Waals surface area contributed by atoms with E-state index in [-0.39, 0.29) is 12.5 Å². The zero-order valence-corrected chi connectivity index (χ0v) is 15.1. The Bertz CT molecular complexity index is 311. The maximum Gasteiger partial charge on any atom is 0.244 e. The zero-order chi connectivity index (χ0) is 17.0. The first-order valence-electron chi connectivity index (χ1n) is 9.53. The molecule has 3 heteroatoms. The summed E-state index contributed by atoms with van der Waals surface area (Å²) in [5, 5.41) is 11.1. The minimum absolute atomic E-state index is 0.0196. The number of hydrogen-bond donors (Lipinski definition) is 2. The average Bonchev–Trinajstić information content (AvgIpc) is 2.56. The largest absolute Gasteiger partial charge is 0.395 e. The van der Waals surface area contributed by atoms with Crippen molar-refractivity contribution in [3.63, 3.8) is 0 Å². The number of rotatable bonds is 16. The van der Waals surface area contributed by atoms with Crippen LogP contribution in [0.4, 0.5) is 0 Å². The normalized spacial score (nSPS) is 11.6. The van der Waals surface area contributed by atoms with Crippen LogP contribution < -0.4 is 5.32 Å². The Morgan fingerprint density at radius 3 is 2.00 bits per heavy atom. The van der Waals surface area contributed by atoms with Crippen LogP contribution in [0.1, 0.15) is 84.0 Å². The minimum atomic E-state index is -0.154. The van der Waals surface area contributed by atoms with Crippen LogP contribution in [0.3, 0.4) is 0 Å². The minimum Gasteiger partial charge on any atom is -0.395 e.